The van der Waals surface area contributed by atoms with Crippen LogP contribution in [0.15, 0.2) is 39.9 Å². The number of guanidine groups is 1. The van der Waals surface area contributed by atoms with Gasteiger partial charge in [0.05, 0.1) is 19.3 Å². The van der Waals surface area contributed by atoms with Crippen LogP contribution in [0.3, 0.4) is 0 Å². The highest BCUT2D eigenvalue weighted by atomic mass is 16.5. The van der Waals surface area contributed by atoms with Gasteiger partial charge in [-0.3, -0.25) is 0 Å². The first-order chi connectivity index (χ1) is 13.8. The van der Waals surface area contributed by atoms with E-state index in [2.05, 4.69) is 52.3 Å². The van der Waals surface area contributed by atoms with Crippen LogP contribution in [0.4, 0.5) is 0 Å². The standard InChI is InChI=1S/C22H35N5O2/c1-7-23-21(26-16-20-24-15-19(29-20)22(2,3)4)25-14-17-9-8-10-18(13-17)28-12-11-27(5)6/h8-10,13,15H,7,11-12,14,16H2,1-6H3,(H2,23,25,26). The lowest BCUT2D eigenvalue weighted by molar-refractivity contribution is 0.261. The zero-order valence-corrected chi connectivity index (χ0v) is 18.6. The molecule has 7 heteroatoms. The highest BCUT2D eigenvalue weighted by Gasteiger charge is 2.19. The quantitative estimate of drug-likeness (QED) is 0.497. The summed E-state index contributed by atoms with van der Waals surface area (Å²) in [7, 11) is 4.07. The minimum absolute atomic E-state index is 0.0521. The summed E-state index contributed by atoms with van der Waals surface area (Å²) in [4.78, 5) is 11.1. The molecular weight excluding hydrogens is 366 g/mol. The van der Waals surface area contributed by atoms with Crippen LogP contribution in [-0.4, -0.2) is 49.6 Å². The first-order valence-electron chi connectivity index (χ1n) is 10.1. The molecule has 0 bridgehead atoms. The Morgan fingerprint density at radius 3 is 2.69 bits per heavy atom. The summed E-state index contributed by atoms with van der Waals surface area (Å²) >= 11 is 0. The van der Waals surface area contributed by atoms with Gasteiger partial charge in [0.25, 0.3) is 0 Å². The molecule has 160 valence electrons. The number of nitrogens with one attached hydrogen (secondary N) is 2. The zero-order chi connectivity index (χ0) is 21.3. The van der Waals surface area contributed by atoms with Crippen LogP contribution in [0, 0.1) is 0 Å². The average Bonchev–Trinajstić information content (AvgIpc) is 3.14. The molecule has 1 heterocycles. The van der Waals surface area contributed by atoms with Crippen LogP contribution in [0.2, 0.25) is 0 Å². The van der Waals surface area contributed by atoms with E-state index in [0.29, 0.717) is 25.6 Å². The normalized spacial score (nSPS) is 12.3. The Hall–Kier alpha value is -2.54. The summed E-state index contributed by atoms with van der Waals surface area (Å²) in [6.07, 6.45) is 1.79. The maximum atomic E-state index is 5.83. The molecule has 0 aliphatic rings. The molecule has 0 amide bonds. The summed E-state index contributed by atoms with van der Waals surface area (Å²) in [6, 6.07) is 8.06. The maximum absolute atomic E-state index is 5.83. The molecule has 29 heavy (non-hydrogen) atoms. The maximum Gasteiger partial charge on any atom is 0.213 e. The van der Waals surface area contributed by atoms with Gasteiger partial charge in [-0.2, -0.15) is 0 Å². The molecule has 0 radical (unpaired) electrons. The fourth-order valence-corrected chi connectivity index (χ4v) is 2.49. The van der Waals surface area contributed by atoms with Crippen molar-refractivity contribution in [1.29, 1.82) is 0 Å². The van der Waals surface area contributed by atoms with Crippen LogP contribution < -0.4 is 15.4 Å². The van der Waals surface area contributed by atoms with E-state index in [1.165, 1.54) is 0 Å². The number of hydrogen-bond donors (Lipinski definition) is 2. The lowest BCUT2D eigenvalue weighted by Gasteiger charge is -2.13. The van der Waals surface area contributed by atoms with Gasteiger partial charge in [-0.15, -0.1) is 0 Å². The molecule has 0 aliphatic heterocycles. The van der Waals surface area contributed by atoms with Gasteiger partial charge in [0.15, 0.2) is 5.96 Å². The second kappa shape index (κ2) is 10.9. The van der Waals surface area contributed by atoms with E-state index in [1.807, 2.05) is 39.2 Å². The van der Waals surface area contributed by atoms with Crippen LogP contribution in [0.25, 0.3) is 0 Å². The second-order valence-electron chi connectivity index (χ2n) is 8.22. The summed E-state index contributed by atoms with van der Waals surface area (Å²) in [6.45, 7) is 11.7. The van der Waals surface area contributed by atoms with Crippen LogP contribution in [0.5, 0.6) is 5.75 Å². The average molecular weight is 402 g/mol. The summed E-state index contributed by atoms with van der Waals surface area (Å²) in [5.74, 6) is 3.12. The van der Waals surface area contributed by atoms with Crippen molar-refractivity contribution in [2.75, 3.05) is 33.8 Å². The van der Waals surface area contributed by atoms with E-state index < -0.39 is 0 Å². The molecule has 2 rings (SSSR count). The number of aromatic nitrogens is 1. The van der Waals surface area contributed by atoms with Gasteiger partial charge < -0.3 is 24.7 Å². The summed E-state index contributed by atoms with van der Waals surface area (Å²) < 4.78 is 11.6. The van der Waals surface area contributed by atoms with E-state index in [9.17, 15) is 0 Å². The fraction of sp³-hybridized carbons (Fsp3) is 0.545. The molecule has 0 saturated carbocycles. The number of nitrogens with zero attached hydrogens (tertiary/aromatic N) is 3. The highest BCUT2D eigenvalue weighted by molar-refractivity contribution is 5.79. The number of benzene rings is 1. The Labute approximate surface area is 174 Å². The number of hydrogen-bond acceptors (Lipinski definition) is 5. The van der Waals surface area contributed by atoms with Gasteiger partial charge in [0.2, 0.25) is 5.89 Å². The largest absolute Gasteiger partial charge is 0.492 e. The first kappa shape index (κ1) is 22.7. The number of ether oxygens (including phenoxy) is 1. The number of aliphatic imine (C=N–C) groups is 1. The van der Waals surface area contributed by atoms with Gasteiger partial charge >= 0.3 is 0 Å². The molecule has 1 aromatic heterocycles. The predicted molar refractivity (Wildman–Crippen MR) is 117 cm³/mol. The van der Waals surface area contributed by atoms with Crippen molar-refractivity contribution in [3.63, 3.8) is 0 Å². The Kier molecular flexibility index (Phi) is 8.51. The number of likely N-dealkylation sites (N-methyl/N-ethyl adjacent to an activating group) is 1. The molecule has 0 aliphatic carbocycles. The molecule has 0 spiro atoms. The van der Waals surface area contributed by atoms with Crippen LogP contribution in [0.1, 0.15) is 44.9 Å². The first-order valence-corrected chi connectivity index (χ1v) is 10.1. The lowest BCUT2D eigenvalue weighted by atomic mass is 9.94. The molecule has 7 nitrogen and oxygen atoms in total. The van der Waals surface area contributed by atoms with E-state index in [1.54, 1.807) is 6.20 Å². The summed E-state index contributed by atoms with van der Waals surface area (Å²) in [5.41, 5.74) is 1.04. The van der Waals surface area contributed by atoms with Gasteiger partial charge in [0, 0.05) is 18.5 Å². The minimum atomic E-state index is -0.0521. The van der Waals surface area contributed by atoms with Crippen LogP contribution in [-0.2, 0) is 18.5 Å². The van der Waals surface area contributed by atoms with Gasteiger partial charge in [-0.1, -0.05) is 32.9 Å². The number of rotatable bonds is 9. The third kappa shape index (κ3) is 8.15. The van der Waals surface area contributed by atoms with Gasteiger partial charge in [-0.05, 0) is 38.7 Å². The van der Waals surface area contributed by atoms with Crippen molar-refractivity contribution in [1.82, 2.24) is 20.5 Å². The summed E-state index contributed by atoms with van der Waals surface area (Å²) in [5, 5.41) is 6.53. The smallest absolute Gasteiger partial charge is 0.213 e. The van der Waals surface area contributed by atoms with Crippen molar-refractivity contribution in [3.8, 4) is 5.75 Å². The van der Waals surface area contributed by atoms with Crippen molar-refractivity contribution >= 4 is 5.96 Å². The molecule has 0 atom stereocenters. The Bertz CT molecular complexity index is 778. The Morgan fingerprint density at radius 1 is 1.24 bits per heavy atom. The predicted octanol–water partition coefficient (Wildman–Crippen LogP) is 3.17. The minimum Gasteiger partial charge on any atom is -0.492 e. The lowest BCUT2D eigenvalue weighted by Crippen LogP contribution is -2.36. The fourth-order valence-electron chi connectivity index (χ4n) is 2.49. The molecule has 2 aromatic rings. The molecule has 0 fully saturated rings. The van der Waals surface area contributed by atoms with E-state index in [0.717, 1.165) is 36.1 Å². The molecule has 0 saturated heterocycles. The van der Waals surface area contributed by atoms with Crippen molar-refractivity contribution in [3.05, 3.63) is 47.7 Å². The van der Waals surface area contributed by atoms with E-state index in [-0.39, 0.29) is 5.41 Å². The molecule has 2 N–H and O–H groups in total. The van der Waals surface area contributed by atoms with Crippen molar-refractivity contribution < 1.29 is 9.15 Å². The van der Waals surface area contributed by atoms with Crippen molar-refractivity contribution in [2.45, 2.75) is 46.2 Å². The van der Waals surface area contributed by atoms with Gasteiger partial charge in [0.1, 0.15) is 18.1 Å². The van der Waals surface area contributed by atoms with Gasteiger partial charge in [-0.25, -0.2) is 9.98 Å². The van der Waals surface area contributed by atoms with E-state index in [4.69, 9.17) is 9.15 Å². The van der Waals surface area contributed by atoms with Crippen LogP contribution >= 0.6 is 0 Å². The monoisotopic (exact) mass is 401 g/mol. The SMILES string of the molecule is CCNC(=NCc1cccc(OCCN(C)C)c1)NCc1ncc(C(C)(C)C)o1. The van der Waals surface area contributed by atoms with E-state index >= 15 is 0 Å². The zero-order valence-electron chi connectivity index (χ0n) is 18.6. The van der Waals surface area contributed by atoms with Crippen molar-refractivity contribution in [2.24, 2.45) is 4.99 Å². The molecular formula is C22H35N5O2. The Balaban J connectivity index is 1.94. The Morgan fingerprint density at radius 2 is 2.03 bits per heavy atom. The number of oxazole rings is 1. The topological polar surface area (TPSA) is 74.9 Å². The molecule has 1 aromatic carbocycles. The highest BCUT2D eigenvalue weighted by Crippen LogP contribution is 2.22. The third-order valence-corrected chi connectivity index (χ3v) is 4.17. The molecule has 0 unspecified atom stereocenters. The second-order valence-corrected chi connectivity index (χ2v) is 8.22. The third-order valence-electron chi connectivity index (χ3n) is 4.17.